The lowest BCUT2D eigenvalue weighted by molar-refractivity contribution is 0.410. The van der Waals surface area contributed by atoms with Crippen LogP contribution in [0, 0.1) is 11.3 Å². The van der Waals surface area contributed by atoms with Gasteiger partial charge in [-0.25, -0.2) is 0 Å². The number of aryl methyl sites for hydroxylation is 1. The summed E-state index contributed by atoms with van der Waals surface area (Å²) in [6.45, 7) is 2.08. The van der Waals surface area contributed by atoms with Crippen LogP contribution in [0.1, 0.15) is 29.5 Å². The summed E-state index contributed by atoms with van der Waals surface area (Å²) in [4.78, 5) is 0. The van der Waals surface area contributed by atoms with Crippen molar-refractivity contribution >= 4 is 23.2 Å². The monoisotopic (exact) mass is 333 g/mol. The lowest BCUT2D eigenvalue weighted by Gasteiger charge is -2.14. The van der Waals surface area contributed by atoms with E-state index in [1.54, 1.807) is 19.2 Å². The minimum Gasteiger partial charge on any atom is -0.496 e. The zero-order valence-corrected chi connectivity index (χ0v) is 14.1. The van der Waals surface area contributed by atoms with Crippen LogP contribution in [0.25, 0.3) is 0 Å². The van der Waals surface area contributed by atoms with Gasteiger partial charge in [0.05, 0.1) is 19.1 Å². The highest BCUT2D eigenvalue weighted by Gasteiger charge is 2.16. The van der Waals surface area contributed by atoms with E-state index in [0.717, 1.165) is 28.9 Å². The molecule has 0 saturated heterocycles. The second kappa shape index (κ2) is 7.54. The van der Waals surface area contributed by atoms with E-state index in [1.807, 2.05) is 18.2 Å². The van der Waals surface area contributed by atoms with Gasteiger partial charge in [-0.3, -0.25) is 0 Å². The van der Waals surface area contributed by atoms with Crippen LogP contribution in [0.2, 0.25) is 10.0 Å². The van der Waals surface area contributed by atoms with Crippen molar-refractivity contribution in [2.45, 2.75) is 25.7 Å². The molecule has 0 aliphatic carbocycles. The number of hydrogen-bond acceptors (Lipinski definition) is 2. The number of hydrogen-bond donors (Lipinski definition) is 0. The minimum absolute atomic E-state index is 0.303. The minimum atomic E-state index is -0.303. The molecule has 0 aliphatic heterocycles. The largest absolute Gasteiger partial charge is 0.496 e. The number of halogens is 2. The van der Waals surface area contributed by atoms with Gasteiger partial charge in [0.15, 0.2) is 0 Å². The van der Waals surface area contributed by atoms with Crippen LogP contribution in [0.4, 0.5) is 0 Å². The number of nitriles is 1. The van der Waals surface area contributed by atoms with Crippen molar-refractivity contribution in [2.75, 3.05) is 7.11 Å². The third-order valence-corrected chi connectivity index (χ3v) is 4.22. The van der Waals surface area contributed by atoms with Gasteiger partial charge in [-0.2, -0.15) is 5.26 Å². The van der Waals surface area contributed by atoms with Crippen LogP contribution in [-0.4, -0.2) is 7.11 Å². The van der Waals surface area contributed by atoms with Gasteiger partial charge in [-0.1, -0.05) is 48.3 Å². The summed E-state index contributed by atoms with van der Waals surface area (Å²) in [7, 11) is 1.67. The van der Waals surface area contributed by atoms with Crippen molar-refractivity contribution in [1.29, 1.82) is 5.26 Å². The van der Waals surface area contributed by atoms with Gasteiger partial charge in [0, 0.05) is 10.0 Å². The molecule has 1 atom stereocenters. The van der Waals surface area contributed by atoms with Gasteiger partial charge in [-0.05, 0) is 47.7 Å². The summed E-state index contributed by atoms with van der Waals surface area (Å²) in [5.74, 6) is 0.576. The Kier molecular flexibility index (Phi) is 5.71. The van der Waals surface area contributed by atoms with Crippen LogP contribution < -0.4 is 4.74 Å². The SMILES string of the molecule is CCc1cc(CC(C#N)c2ccc(Cl)cc2Cl)ccc1OC. The molecule has 0 aromatic heterocycles. The Hall–Kier alpha value is -1.69. The maximum Gasteiger partial charge on any atom is 0.122 e. The highest BCUT2D eigenvalue weighted by atomic mass is 35.5. The van der Waals surface area contributed by atoms with Crippen molar-refractivity contribution in [3.05, 3.63) is 63.1 Å². The van der Waals surface area contributed by atoms with Gasteiger partial charge >= 0.3 is 0 Å². The Morgan fingerprint density at radius 3 is 2.55 bits per heavy atom. The molecule has 0 amide bonds. The molecule has 2 rings (SSSR count). The molecule has 0 heterocycles. The van der Waals surface area contributed by atoms with E-state index in [0.29, 0.717) is 16.5 Å². The molecular formula is C18H17Cl2NO. The summed E-state index contributed by atoms with van der Waals surface area (Å²) in [6.07, 6.45) is 1.49. The number of ether oxygens (including phenoxy) is 1. The third-order valence-electron chi connectivity index (χ3n) is 3.66. The normalized spacial score (nSPS) is 11.8. The van der Waals surface area contributed by atoms with Gasteiger partial charge < -0.3 is 4.74 Å². The summed E-state index contributed by atoms with van der Waals surface area (Å²) < 4.78 is 5.34. The van der Waals surface area contributed by atoms with Crippen molar-refractivity contribution in [1.82, 2.24) is 0 Å². The predicted molar refractivity (Wildman–Crippen MR) is 90.9 cm³/mol. The highest BCUT2D eigenvalue weighted by molar-refractivity contribution is 6.35. The van der Waals surface area contributed by atoms with Gasteiger partial charge in [0.1, 0.15) is 5.75 Å². The number of rotatable bonds is 5. The zero-order chi connectivity index (χ0) is 16.1. The molecule has 2 aromatic carbocycles. The van der Waals surface area contributed by atoms with E-state index < -0.39 is 0 Å². The molecule has 0 bridgehead atoms. The first-order chi connectivity index (χ1) is 10.6. The van der Waals surface area contributed by atoms with Crippen molar-refractivity contribution < 1.29 is 4.74 Å². The van der Waals surface area contributed by atoms with E-state index in [2.05, 4.69) is 19.1 Å². The summed E-state index contributed by atoms with van der Waals surface area (Å²) >= 11 is 12.1. The molecule has 4 heteroatoms. The van der Waals surface area contributed by atoms with Gasteiger partial charge in [0.2, 0.25) is 0 Å². The molecular weight excluding hydrogens is 317 g/mol. The molecule has 2 nitrogen and oxygen atoms in total. The Morgan fingerprint density at radius 1 is 1.18 bits per heavy atom. The van der Waals surface area contributed by atoms with Crippen molar-refractivity contribution in [2.24, 2.45) is 0 Å². The maximum atomic E-state index is 9.50. The summed E-state index contributed by atoms with van der Waals surface area (Å²) in [5, 5.41) is 10.6. The van der Waals surface area contributed by atoms with Crippen molar-refractivity contribution in [3.8, 4) is 11.8 Å². The first-order valence-electron chi connectivity index (χ1n) is 7.09. The number of methoxy groups -OCH3 is 1. The molecule has 2 aromatic rings. The summed E-state index contributed by atoms with van der Waals surface area (Å²) in [6, 6.07) is 13.6. The zero-order valence-electron chi connectivity index (χ0n) is 12.6. The molecule has 0 fully saturated rings. The maximum absolute atomic E-state index is 9.50. The average molecular weight is 334 g/mol. The van der Waals surface area contributed by atoms with Crippen LogP contribution in [0.5, 0.6) is 5.75 Å². The highest BCUT2D eigenvalue weighted by Crippen LogP contribution is 2.30. The fraction of sp³-hybridized carbons (Fsp3) is 0.278. The van der Waals surface area contributed by atoms with Crippen LogP contribution in [-0.2, 0) is 12.8 Å². The van der Waals surface area contributed by atoms with E-state index in [1.165, 1.54) is 0 Å². The van der Waals surface area contributed by atoms with Crippen molar-refractivity contribution in [3.63, 3.8) is 0 Å². The molecule has 114 valence electrons. The molecule has 22 heavy (non-hydrogen) atoms. The summed E-state index contributed by atoms with van der Waals surface area (Å²) in [5.41, 5.74) is 3.04. The number of nitrogens with zero attached hydrogens (tertiary/aromatic N) is 1. The predicted octanol–water partition coefficient (Wildman–Crippen LogP) is 5.41. The molecule has 0 N–H and O–H groups in total. The topological polar surface area (TPSA) is 33.0 Å². The fourth-order valence-electron chi connectivity index (χ4n) is 2.48. The standard InChI is InChI=1S/C18H17Cl2NO/c1-3-13-8-12(4-7-18(13)22-2)9-14(11-21)16-6-5-15(19)10-17(16)20/h4-8,10,14H,3,9H2,1-2H3. The first kappa shape index (κ1) is 16.7. The Balaban J connectivity index is 2.29. The molecule has 0 spiro atoms. The van der Waals surface area contributed by atoms with Gasteiger partial charge in [0.25, 0.3) is 0 Å². The molecule has 1 unspecified atom stereocenters. The Bertz CT molecular complexity index is 707. The van der Waals surface area contributed by atoms with Gasteiger partial charge in [-0.15, -0.1) is 0 Å². The van der Waals surface area contributed by atoms with Crippen LogP contribution in [0.3, 0.4) is 0 Å². The second-order valence-corrected chi connectivity index (χ2v) is 5.90. The molecule has 0 radical (unpaired) electrons. The second-order valence-electron chi connectivity index (χ2n) is 5.05. The lowest BCUT2D eigenvalue weighted by atomic mass is 9.92. The Morgan fingerprint density at radius 2 is 1.95 bits per heavy atom. The average Bonchev–Trinajstić information content (AvgIpc) is 2.53. The molecule has 0 aliphatic rings. The van der Waals surface area contributed by atoms with E-state index in [4.69, 9.17) is 27.9 Å². The fourth-order valence-corrected chi connectivity index (χ4v) is 3.02. The Labute approximate surface area is 141 Å². The molecule has 0 saturated carbocycles. The number of benzene rings is 2. The van der Waals surface area contributed by atoms with Crippen LogP contribution >= 0.6 is 23.2 Å². The smallest absolute Gasteiger partial charge is 0.122 e. The van der Waals surface area contributed by atoms with Crippen LogP contribution in [0.15, 0.2) is 36.4 Å². The third kappa shape index (κ3) is 3.74. The lowest BCUT2D eigenvalue weighted by Crippen LogP contribution is -2.02. The first-order valence-corrected chi connectivity index (χ1v) is 7.85. The van der Waals surface area contributed by atoms with E-state index >= 15 is 0 Å². The quantitative estimate of drug-likeness (QED) is 0.732. The van der Waals surface area contributed by atoms with E-state index in [9.17, 15) is 5.26 Å². The van der Waals surface area contributed by atoms with E-state index in [-0.39, 0.29) is 5.92 Å².